The predicted molar refractivity (Wildman–Crippen MR) is 72.3 cm³/mol. The Morgan fingerprint density at radius 2 is 2.17 bits per heavy atom. The Balaban J connectivity index is 2.72. The van der Waals surface area contributed by atoms with Gasteiger partial charge in [-0.25, -0.2) is 0 Å². The molecular weight excluding hydrogens is 228 g/mol. The molecule has 1 amide bonds. The van der Waals surface area contributed by atoms with E-state index >= 15 is 0 Å². The van der Waals surface area contributed by atoms with Crippen molar-refractivity contribution in [2.24, 2.45) is 11.5 Å². The molecule has 4 heteroatoms. The summed E-state index contributed by atoms with van der Waals surface area (Å²) >= 11 is 0. The zero-order valence-corrected chi connectivity index (χ0v) is 11.1. The zero-order chi connectivity index (χ0) is 13.5. The van der Waals surface area contributed by atoms with Crippen molar-refractivity contribution in [1.82, 2.24) is 0 Å². The Morgan fingerprint density at radius 3 is 2.78 bits per heavy atom. The molecule has 0 bridgehead atoms. The highest BCUT2D eigenvalue weighted by Gasteiger charge is 2.12. The van der Waals surface area contributed by atoms with Crippen molar-refractivity contribution >= 4 is 5.91 Å². The molecule has 0 saturated carbocycles. The number of aryl methyl sites for hydroxylation is 1. The third-order valence-electron chi connectivity index (χ3n) is 2.80. The molecule has 0 heterocycles. The lowest BCUT2D eigenvalue weighted by atomic mass is 9.99. The van der Waals surface area contributed by atoms with Crippen LogP contribution in [0.1, 0.15) is 43.4 Å². The lowest BCUT2D eigenvalue weighted by molar-refractivity contribution is -0.118. The summed E-state index contributed by atoms with van der Waals surface area (Å²) in [6, 6.07) is 5.87. The van der Waals surface area contributed by atoms with E-state index in [1.165, 1.54) is 0 Å². The van der Waals surface area contributed by atoms with Gasteiger partial charge in [0.1, 0.15) is 5.75 Å². The quantitative estimate of drug-likeness (QED) is 0.777. The maximum Gasteiger partial charge on any atom is 0.217 e. The molecule has 18 heavy (non-hydrogen) atoms. The molecule has 1 aromatic carbocycles. The van der Waals surface area contributed by atoms with Gasteiger partial charge >= 0.3 is 0 Å². The van der Waals surface area contributed by atoms with Gasteiger partial charge in [0.2, 0.25) is 5.91 Å². The largest absolute Gasteiger partial charge is 0.494 e. The van der Waals surface area contributed by atoms with Gasteiger partial charge in [-0.1, -0.05) is 17.7 Å². The minimum absolute atomic E-state index is 0.120. The minimum atomic E-state index is -0.281. The van der Waals surface area contributed by atoms with E-state index in [-0.39, 0.29) is 11.9 Å². The van der Waals surface area contributed by atoms with Crippen LogP contribution in [0.25, 0.3) is 0 Å². The van der Waals surface area contributed by atoms with Crippen molar-refractivity contribution in [2.75, 3.05) is 6.61 Å². The van der Waals surface area contributed by atoms with Gasteiger partial charge in [0.05, 0.1) is 6.61 Å². The average Bonchev–Trinajstić information content (AvgIpc) is 2.31. The number of ether oxygens (including phenoxy) is 1. The van der Waals surface area contributed by atoms with Gasteiger partial charge in [-0.05, 0) is 32.8 Å². The number of primary amides is 1. The second kappa shape index (κ2) is 7.01. The number of carbonyl (C=O) groups is 1. The molecule has 0 aromatic heterocycles. The molecule has 0 fully saturated rings. The van der Waals surface area contributed by atoms with Crippen molar-refractivity contribution in [3.63, 3.8) is 0 Å². The van der Waals surface area contributed by atoms with Crippen molar-refractivity contribution in [3.05, 3.63) is 29.3 Å². The number of rotatable bonds is 7. The van der Waals surface area contributed by atoms with E-state index in [2.05, 4.69) is 0 Å². The Morgan fingerprint density at radius 1 is 1.44 bits per heavy atom. The Bertz CT molecular complexity index is 405. The summed E-state index contributed by atoms with van der Waals surface area (Å²) in [4.78, 5) is 10.7. The third kappa shape index (κ3) is 4.37. The molecule has 0 spiro atoms. The Labute approximate surface area is 108 Å². The summed E-state index contributed by atoms with van der Waals surface area (Å²) in [6.45, 7) is 4.58. The fourth-order valence-corrected chi connectivity index (χ4v) is 1.90. The van der Waals surface area contributed by atoms with Crippen LogP contribution in [0.3, 0.4) is 0 Å². The fourth-order valence-electron chi connectivity index (χ4n) is 1.90. The summed E-state index contributed by atoms with van der Waals surface area (Å²) in [5.41, 5.74) is 13.4. The molecule has 0 saturated heterocycles. The van der Waals surface area contributed by atoms with Crippen LogP contribution in [0.5, 0.6) is 5.75 Å². The van der Waals surface area contributed by atoms with Gasteiger partial charge < -0.3 is 16.2 Å². The zero-order valence-electron chi connectivity index (χ0n) is 11.1. The van der Waals surface area contributed by atoms with Gasteiger partial charge in [-0.15, -0.1) is 0 Å². The van der Waals surface area contributed by atoms with E-state index in [4.69, 9.17) is 16.2 Å². The SMILES string of the molecule is CCOc1ccc(C)cc1C(N)CCCC(N)=O. The van der Waals surface area contributed by atoms with Crippen LogP contribution >= 0.6 is 0 Å². The van der Waals surface area contributed by atoms with E-state index in [0.29, 0.717) is 19.4 Å². The summed E-state index contributed by atoms with van der Waals surface area (Å²) in [5, 5.41) is 0. The highest BCUT2D eigenvalue weighted by Crippen LogP contribution is 2.28. The molecule has 0 aliphatic carbocycles. The first-order valence-corrected chi connectivity index (χ1v) is 6.31. The molecule has 1 rings (SSSR count). The fraction of sp³-hybridized carbons (Fsp3) is 0.500. The van der Waals surface area contributed by atoms with Crippen molar-refractivity contribution in [2.45, 2.75) is 39.2 Å². The maximum atomic E-state index is 10.7. The van der Waals surface area contributed by atoms with Crippen LogP contribution in [0.15, 0.2) is 18.2 Å². The lowest BCUT2D eigenvalue weighted by Gasteiger charge is -2.17. The van der Waals surface area contributed by atoms with Gasteiger partial charge in [-0.2, -0.15) is 0 Å². The van der Waals surface area contributed by atoms with Gasteiger partial charge in [0.25, 0.3) is 0 Å². The predicted octanol–water partition coefficient (Wildman–Crippen LogP) is 2.05. The molecule has 1 aromatic rings. The first kappa shape index (κ1) is 14.5. The Hall–Kier alpha value is -1.55. The molecule has 0 aliphatic rings. The molecule has 4 N–H and O–H groups in total. The van der Waals surface area contributed by atoms with E-state index in [0.717, 1.165) is 23.3 Å². The van der Waals surface area contributed by atoms with E-state index in [9.17, 15) is 4.79 Å². The second-order valence-electron chi connectivity index (χ2n) is 4.44. The first-order chi connectivity index (χ1) is 8.54. The third-order valence-corrected chi connectivity index (χ3v) is 2.80. The van der Waals surface area contributed by atoms with Gasteiger partial charge in [0, 0.05) is 18.0 Å². The van der Waals surface area contributed by atoms with Gasteiger partial charge in [-0.3, -0.25) is 4.79 Å². The van der Waals surface area contributed by atoms with E-state index in [1.807, 2.05) is 32.0 Å². The summed E-state index contributed by atoms with van der Waals surface area (Å²) in [5.74, 6) is 0.547. The van der Waals surface area contributed by atoms with Crippen LogP contribution in [0, 0.1) is 6.92 Å². The number of nitrogens with two attached hydrogens (primary N) is 2. The van der Waals surface area contributed by atoms with E-state index < -0.39 is 0 Å². The van der Waals surface area contributed by atoms with E-state index in [1.54, 1.807) is 0 Å². The normalized spacial score (nSPS) is 12.2. The second-order valence-corrected chi connectivity index (χ2v) is 4.44. The van der Waals surface area contributed by atoms with Crippen LogP contribution in [0.2, 0.25) is 0 Å². The highest BCUT2D eigenvalue weighted by molar-refractivity contribution is 5.73. The number of hydrogen-bond acceptors (Lipinski definition) is 3. The van der Waals surface area contributed by atoms with Crippen molar-refractivity contribution in [1.29, 1.82) is 0 Å². The monoisotopic (exact) mass is 250 g/mol. The van der Waals surface area contributed by atoms with Gasteiger partial charge in [0.15, 0.2) is 0 Å². The van der Waals surface area contributed by atoms with Crippen LogP contribution in [-0.2, 0) is 4.79 Å². The smallest absolute Gasteiger partial charge is 0.217 e. The number of carbonyl (C=O) groups excluding carboxylic acids is 1. The summed E-state index contributed by atoms with van der Waals surface area (Å²) < 4.78 is 5.57. The molecule has 0 radical (unpaired) electrons. The average molecular weight is 250 g/mol. The minimum Gasteiger partial charge on any atom is -0.494 e. The topological polar surface area (TPSA) is 78.3 Å². The number of hydrogen-bond donors (Lipinski definition) is 2. The summed E-state index contributed by atoms with van der Waals surface area (Å²) in [6.07, 6.45) is 1.81. The lowest BCUT2D eigenvalue weighted by Crippen LogP contribution is -2.15. The Kier molecular flexibility index (Phi) is 5.65. The van der Waals surface area contributed by atoms with Crippen molar-refractivity contribution in [3.8, 4) is 5.75 Å². The van der Waals surface area contributed by atoms with Crippen LogP contribution in [0.4, 0.5) is 0 Å². The van der Waals surface area contributed by atoms with Crippen LogP contribution in [-0.4, -0.2) is 12.5 Å². The van der Waals surface area contributed by atoms with Crippen molar-refractivity contribution < 1.29 is 9.53 Å². The molecule has 0 aliphatic heterocycles. The van der Waals surface area contributed by atoms with Crippen LogP contribution < -0.4 is 16.2 Å². The molecule has 1 unspecified atom stereocenters. The molecule has 4 nitrogen and oxygen atoms in total. The standard InChI is InChI=1S/C14H22N2O2/c1-3-18-13-8-7-10(2)9-11(13)12(15)5-4-6-14(16)17/h7-9,12H,3-6,15H2,1-2H3,(H2,16,17). The summed E-state index contributed by atoms with van der Waals surface area (Å²) in [7, 11) is 0. The molecule has 1 atom stereocenters. The maximum absolute atomic E-state index is 10.7. The highest BCUT2D eigenvalue weighted by atomic mass is 16.5. The number of benzene rings is 1. The number of amides is 1. The first-order valence-electron chi connectivity index (χ1n) is 6.31. The molecular formula is C14H22N2O2. The molecule has 100 valence electrons.